The number of nitrogens with one attached hydrogen (secondary N) is 2. The molecule has 3 nitrogen and oxygen atoms in total. The van der Waals surface area contributed by atoms with E-state index in [-0.39, 0.29) is 12.5 Å². The number of benzene rings is 2. The summed E-state index contributed by atoms with van der Waals surface area (Å²) >= 11 is 0. The summed E-state index contributed by atoms with van der Waals surface area (Å²) in [5, 5.41) is 6.01. The summed E-state index contributed by atoms with van der Waals surface area (Å²) in [4.78, 5) is 11.7. The molecular weight excluding hydrogens is 248 g/mol. The fourth-order valence-corrected chi connectivity index (χ4v) is 1.90. The maximum atomic E-state index is 11.7. The summed E-state index contributed by atoms with van der Waals surface area (Å²) in [6.45, 7) is 2.98. The molecule has 0 aliphatic heterocycles. The van der Waals surface area contributed by atoms with E-state index in [0.29, 0.717) is 6.54 Å². The molecule has 0 aromatic heterocycles. The van der Waals surface area contributed by atoms with E-state index in [1.54, 1.807) is 0 Å². The van der Waals surface area contributed by atoms with Gasteiger partial charge in [-0.05, 0) is 29.7 Å². The van der Waals surface area contributed by atoms with Crippen LogP contribution >= 0.6 is 0 Å². The lowest BCUT2D eigenvalue weighted by Gasteiger charge is -2.08. The van der Waals surface area contributed by atoms with Gasteiger partial charge in [0.25, 0.3) is 0 Å². The van der Waals surface area contributed by atoms with Crippen LogP contribution in [-0.4, -0.2) is 12.5 Å². The Kier molecular flexibility index (Phi) is 5.18. The van der Waals surface area contributed by atoms with Crippen LogP contribution in [0.3, 0.4) is 0 Å². The molecule has 0 heterocycles. The summed E-state index contributed by atoms with van der Waals surface area (Å²) in [6, 6.07) is 18.0. The summed E-state index contributed by atoms with van der Waals surface area (Å²) in [5.41, 5.74) is 3.37. The third-order valence-corrected chi connectivity index (χ3v) is 3.15. The van der Waals surface area contributed by atoms with E-state index >= 15 is 0 Å². The van der Waals surface area contributed by atoms with Crippen LogP contribution in [0.4, 0.5) is 5.69 Å². The van der Waals surface area contributed by atoms with Gasteiger partial charge in [-0.2, -0.15) is 0 Å². The Labute approximate surface area is 120 Å². The third-order valence-electron chi connectivity index (χ3n) is 3.15. The van der Waals surface area contributed by atoms with Crippen molar-refractivity contribution in [3.8, 4) is 0 Å². The van der Waals surface area contributed by atoms with Gasteiger partial charge >= 0.3 is 0 Å². The minimum Gasteiger partial charge on any atom is -0.376 e. The van der Waals surface area contributed by atoms with E-state index in [9.17, 15) is 4.79 Å². The largest absolute Gasteiger partial charge is 0.376 e. The first-order chi connectivity index (χ1) is 9.78. The molecule has 2 aromatic rings. The molecule has 2 N–H and O–H groups in total. The van der Waals surface area contributed by atoms with E-state index in [1.807, 2.05) is 42.5 Å². The number of rotatable bonds is 6. The van der Waals surface area contributed by atoms with Gasteiger partial charge in [-0.3, -0.25) is 4.79 Å². The van der Waals surface area contributed by atoms with Gasteiger partial charge in [0.05, 0.1) is 6.54 Å². The molecule has 0 spiro atoms. The van der Waals surface area contributed by atoms with Crippen LogP contribution in [0.5, 0.6) is 0 Å². The van der Waals surface area contributed by atoms with Gasteiger partial charge in [-0.15, -0.1) is 0 Å². The topological polar surface area (TPSA) is 41.1 Å². The molecule has 104 valence electrons. The Bertz CT molecular complexity index is 535. The monoisotopic (exact) mass is 268 g/mol. The average Bonchev–Trinajstić information content (AvgIpc) is 2.52. The zero-order valence-electron chi connectivity index (χ0n) is 11.7. The van der Waals surface area contributed by atoms with Crippen LogP contribution in [0, 0.1) is 0 Å². The molecule has 0 atom stereocenters. The van der Waals surface area contributed by atoms with Crippen LogP contribution in [0.1, 0.15) is 18.1 Å². The number of carbonyl (C=O) groups is 1. The Morgan fingerprint density at radius 1 is 0.950 bits per heavy atom. The second-order valence-electron chi connectivity index (χ2n) is 4.67. The number of hydrogen-bond acceptors (Lipinski definition) is 2. The SMILES string of the molecule is CCc1ccc(NCC(=O)NCc2ccccc2)cc1. The first-order valence-corrected chi connectivity index (χ1v) is 6.91. The molecule has 1 amide bonds. The molecule has 0 radical (unpaired) electrons. The quantitative estimate of drug-likeness (QED) is 0.845. The van der Waals surface area contributed by atoms with Gasteiger partial charge in [0.15, 0.2) is 0 Å². The fourth-order valence-electron chi connectivity index (χ4n) is 1.90. The molecule has 0 saturated carbocycles. The summed E-state index contributed by atoms with van der Waals surface area (Å²) in [7, 11) is 0. The van der Waals surface area contributed by atoms with Crippen molar-refractivity contribution in [1.29, 1.82) is 0 Å². The zero-order valence-corrected chi connectivity index (χ0v) is 11.7. The van der Waals surface area contributed by atoms with E-state index in [1.165, 1.54) is 5.56 Å². The lowest BCUT2D eigenvalue weighted by atomic mass is 10.1. The number of amides is 1. The van der Waals surface area contributed by atoms with Crippen molar-refractivity contribution in [3.05, 3.63) is 65.7 Å². The number of carbonyl (C=O) groups excluding carboxylic acids is 1. The second-order valence-corrected chi connectivity index (χ2v) is 4.67. The molecule has 0 fully saturated rings. The Morgan fingerprint density at radius 2 is 1.65 bits per heavy atom. The molecule has 0 bridgehead atoms. The van der Waals surface area contributed by atoms with Crippen molar-refractivity contribution in [2.45, 2.75) is 19.9 Å². The minimum atomic E-state index is -0.00609. The van der Waals surface area contributed by atoms with Gasteiger partial charge < -0.3 is 10.6 Å². The van der Waals surface area contributed by atoms with E-state index in [4.69, 9.17) is 0 Å². The molecule has 20 heavy (non-hydrogen) atoms. The normalized spacial score (nSPS) is 10.1. The molecule has 2 aromatic carbocycles. The van der Waals surface area contributed by atoms with Crippen molar-refractivity contribution in [1.82, 2.24) is 5.32 Å². The molecule has 0 aliphatic rings. The van der Waals surface area contributed by atoms with Crippen molar-refractivity contribution in [2.24, 2.45) is 0 Å². The summed E-state index contributed by atoms with van der Waals surface area (Å²) in [6.07, 6.45) is 1.03. The van der Waals surface area contributed by atoms with Gasteiger partial charge in [-0.25, -0.2) is 0 Å². The van der Waals surface area contributed by atoms with Crippen LogP contribution in [-0.2, 0) is 17.8 Å². The first-order valence-electron chi connectivity index (χ1n) is 6.91. The van der Waals surface area contributed by atoms with Gasteiger partial charge in [0, 0.05) is 12.2 Å². The van der Waals surface area contributed by atoms with Crippen molar-refractivity contribution in [3.63, 3.8) is 0 Å². The number of hydrogen-bond donors (Lipinski definition) is 2. The zero-order chi connectivity index (χ0) is 14.2. The Balaban J connectivity index is 1.74. The standard InChI is InChI=1S/C17H20N2O/c1-2-14-8-10-16(11-9-14)18-13-17(20)19-12-15-6-4-3-5-7-15/h3-11,18H,2,12-13H2,1H3,(H,19,20). The smallest absolute Gasteiger partial charge is 0.239 e. The van der Waals surface area contributed by atoms with Gasteiger partial charge in [0.2, 0.25) is 5.91 Å². The third kappa shape index (κ3) is 4.43. The average molecular weight is 268 g/mol. The Morgan fingerprint density at radius 3 is 2.30 bits per heavy atom. The molecule has 3 heteroatoms. The highest BCUT2D eigenvalue weighted by molar-refractivity contribution is 5.80. The van der Waals surface area contributed by atoms with Crippen molar-refractivity contribution in [2.75, 3.05) is 11.9 Å². The number of aryl methyl sites for hydroxylation is 1. The Hall–Kier alpha value is -2.29. The highest BCUT2D eigenvalue weighted by atomic mass is 16.1. The van der Waals surface area contributed by atoms with Crippen molar-refractivity contribution < 1.29 is 4.79 Å². The molecular formula is C17H20N2O. The maximum Gasteiger partial charge on any atom is 0.239 e. The van der Waals surface area contributed by atoms with E-state index in [2.05, 4.69) is 29.7 Å². The molecule has 0 unspecified atom stereocenters. The minimum absolute atomic E-state index is 0.00609. The lowest BCUT2D eigenvalue weighted by molar-refractivity contribution is -0.119. The van der Waals surface area contributed by atoms with E-state index < -0.39 is 0 Å². The number of anilines is 1. The van der Waals surface area contributed by atoms with Crippen LogP contribution in [0.2, 0.25) is 0 Å². The predicted molar refractivity (Wildman–Crippen MR) is 82.6 cm³/mol. The maximum absolute atomic E-state index is 11.7. The highest BCUT2D eigenvalue weighted by Crippen LogP contribution is 2.09. The molecule has 2 rings (SSSR count). The molecule has 0 saturated heterocycles. The second kappa shape index (κ2) is 7.34. The molecule has 0 aliphatic carbocycles. The lowest BCUT2D eigenvalue weighted by Crippen LogP contribution is -2.29. The summed E-state index contributed by atoms with van der Waals surface area (Å²) < 4.78 is 0. The van der Waals surface area contributed by atoms with E-state index in [0.717, 1.165) is 17.7 Å². The van der Waals surface area contributed by atoms with Crippen molar-refractivity contribution >= 4 is 11.6 Å². The van der Waals surface area contributed by atoms with Gasteiger partial charge in [-0.1, -0.05) is 49.4 Å². The van der Waals surface area contributed by atoms with Crippen LogP contribution < -0.4 is 10.6 Å². The fraction of sp³-hybridized carbons (Fsp3) is 0.235. The predicted octanol–water partition coefficient (Wildman–Crippen LogP) is 2.98. The first kappa shape index (κ1) is 14.1. The highest BCUT2D eigenvalue weighted by Gasteiger charge is 2.01. The van der Waals surface area contributed by atoms with Crippen LogP contribution in [0.25, 0.3) is 0 Å². The van der Waals surface area contributed by atoms with Crippen LogP contribution in [0.15, 0.2) is 54.6 Å². The summed E-state index contributed by atoms with van der Waals surface area (Å²) in [5.74, 6) is -0.00609. The van der Waals surface area contributed by atoms with Gasteiger partial charge in [0.1, 0.15) is 0 Å².